The second kappa shape index (κ2) is 6.41. The van der Waals surface area contributed by atoms with Gasteiger partial charge in [0, 0.05) is 17.1 Å². The lowest BCUT2D eigenvalue weighted by Gasteiger charge is -2.07. The van der Waals surface area contributed by atoms with Crippen LogP contribution in [0.4, 0.5) is 5.82 Å². The molecule has 0 radical (unpaired) electrons. The topological polar surface area (TPSA) is 37.8 Å². The molecule has 0 saturated heterocycles. The minimum atomic E-state index is 0.452. The highest BCUT2D eigenvalue weighted by molar-refractivity contribution is 9.10. The standard InChI is InChI=1S/C12H11BrClN3S/c1-18-12-16-10(14)6-11(17-12)15-7-8-2-4-9(13)5-3-8/h2-6H,7H2,1H3,(H,15,16,17). The first kappa shape index (κ1) is 13.6. The van der Waals surface area contributed by atoms with Crippen molar-refractivity contribution in [3.05, 3.63) is 45.5 Å². The third-order valence-electron chi connectivity index (χ3n) is 2.24. The molecule has 6 heteroatoms. The highest BCUT2D eigenvalue weighted by Gasteiger charge is 2.02. The van der Waals surface area contributed by atoms with Crippen LogP contribution < -0.4 is 5.32 Å². The SMILES string of the molecule is CSc1nc(Cl)cc(NCc2ccc(Br)cc2)n1. The van der Waals surface area contributed by atoms with Gasteiger partial charge in [0.05, 0.1) is 0 Å². The van der Waals surface area contributed by atoms with E-state index in [4.69, 9.17) is 11.6 Å². The van der Waals surface area contributed by atoms with Crippen LogP contribution >= 0.6 is 39.3 Å². The van der Waals surface area contributed by atoms with E-state index in [1.54, 1.807) is 6.07 Å². The van der Waals surface area contributed by atoms with Crippen LogP contribution in [-0.2, 0) is 6.54 Å². The van der Waals surface area contributed by atoms with Crippen molar-refractivity contribution in [2.45, 2.75) is 11.7 Å². The average Bonchev–Trinajstić information content (AvgIpc) is 2.37. The Balaban J connectivity index is 2.05. The van der Waals surface area contributed by atoms with Gasteiger partial charge in [-0.2, -0.15) is 0 Å². The zero-order valence-electron chi connectivity index (χ0n) is 9.65. The Hall–Kier alpha value is -0.780. The summed E-state index contributed by atoms with van der Waals surface area (Å²) in [6.45, 7) is 0.703. The fourth-order valence-corrected chi connectivity index (χ4v) is 2.25. The van der Waals surface area contributed by atoms with Crippen molar-refractivity contribution in [2.75, 3.05) is 11.6 Å². The Morgan fingerprint density at radius 1 is 1.28 bits per heavy atom. The zero-order chi connectivity index (χ0) is 13.0. The van der Waals surface area contributed by atoms with Crippen LogP contribution in [0.1, 0.15) is 5.56 Å². The van der Waals surface area contributed by atoms with E-state index in [9.17, 15) is 0 Å². The smallest absolute Gasteiger partial charge is 0.190 e. The van der Waals surface area contributed by atoms with Crippen LogP contribution in [-0.4, -0.2) is 16.2 Å². The lowest BCUT2D eigenvalue weighted by Crippen LogP contribution is -2.02. The largest absolute Gasteiger partial charge is 0.366 e. The van der Waals surface area contributed by atoms with E-state index in [1.165, 1.54) is 17.3 Å². The molecule has 0 unspecified atom stereocenters. The molecule has 0 fully saturated rings. The molecule has 0 amide bonds. The van der Waals surface area contributed by atoms with Crippen LogP contribution in [0.15, 0.2) is 40.0 Å². The molecule has 94 valence electrons. The van der Waals surface area contributed by atoms with Crippen LogP contribution in [0, 0.1) is 0 Å². The molecule has 0 atom stereocenters. The van der Waals surface area contributed by atoms with Crippen molar-refractivity contribution in [3.63, 3.8) is 0 Å². The number of nitrogens with one attached hydrogen (secondary N) is 1. The van der Waals surface area contributed by atoms with Gasteiger partial charge < -0.3 is 5.32 Å². The molecule has 1 heterocycles. The fourth-order valence-electron chi connectivity index (χ4n) is 1.37. The number of benzene rings is 1. The van der Waals surface area contributed by atoms with Gasteiger partial charge in [-0.15, -0.1) is 0 Å². The first-order chi connectivity index (χ1) is 8.67. The summed E-state index contributed by atoms with van der Waals surface area (Å²) in [6, 6.07) is 9.85. The van der Waals surface area contributed by atoms with Gasteiger partial charge in [0.25, 0.3) is 0 Å². The van der Waals surface area contributed by atoms with E-state index >= 15 is 0 Å². The summed E-state index contributed by atoms with van der Waals surface area (Å²) in [5.74, 6) is 0.738. The molecule has 1 aromatic carbocycles. The first-order valence-electron chi connectivity index (χ1n) is 5.24. The summed E-state index contributed by atoms with van der Waals surface area (Å²) < 4.78 is 1.07. The van der Waals surface area contributed by atoms with Gasteiger partial charge in [-0.3, -0.25) is 0 Å². The molecule has 2 aromatic rings. The van der Waals surface area contributed by atoms with E-state index < -0.39 is 0 Å². The lowest BCUT2D eigenvalue weighted by atomic mass is 10.2. The molecule has 0 aliphatic heterocycles. The van der Waals surface area contributed by atoms with Crippen molar-refractivity contribution in [1.82, 2.24) is 9.97 Å². The van der Waals surface area contributed by atoms with Crippen molar-refractivity contribution in [2.24, 2.45) is 0 Å². The van der Waals surface area contributed by atoms with Crippen LogP contribution in [0.2, 0.25) is 5.15 Å². The molecule has 0 aliphatic rings. The van der Waals surface area contributed by atoms with E-state index in [1.807, 2.05) is 18.4 Å². The number of aromatic nitrogens is 2. The number of thioether (sulfide) groups is 1. The maximum atomic E-state index is 5.92. The fraction of sp³-hybridized carbons (Fsp3) is 0.167. The van der Waals surface area contributed by atoms with Gasteiger partial charge in [0.2, 0.25) is 0 Å². The van der Waals surface area contributed by atoms with Gasteiger partial charge >= 0.3 is 0 Å². The average molecular weight is 345 g/mol. The molecule has 0 spiro atoms. The molecule has 0 bridgehead atoms. The van der Waals surface area contributed by atoms with E-state index in [-0.39, 0.29) is 0 Å². The highest BCUT2D eigenvalue weighted by Crippen LogP contribution is 2.18. The summed E-state index contributed by atoms with van der Waals surface area (Å²) in [5.41, 5.74) is 1.18. The predicted octanol–water partition coefficient (Wildman–Crippen LogP) is 4.23. The molecule has 1 N–H and O–H groups in total. The van der Waals surface area contributed by atoms with Gasteiger partial charge in [-0.25, -0.2) is 9.97 Å². The molecule has 0 saturated carbocycles. The minimum Gasteiger partial charge on any atom is -0.366 e. The van der Waals surface area contributed by atoms with Gasteiger partial charge in [0.15, 0.2) is 5.16 Å². The Kier molecular flexibility index (Phi) is 4.86. The molecule has 18 heavy (non-hydrogen) atoms. The zero-order valence-corrected chi connectivity index (χ0v) is 12.8. The second-order valence-corrected chi connectivity index (χ2v) is 5.62. The maximum absolute atomic E-state index is 5.92. The van der Waals surface area contributed by atoms with Crippen molar-refractivity contribution in [1.29, 1.82) is 0 Å². The van der Waals surface area contributed by atoms with E-state index in [0.717, 1.165) is 10.3 Å². The molecule has 3 nitrogen and oxygen atoms in total. The van der Waals surface area contributed by atoms with Gasteiger partial charge in [0.1, 0.15) is 11.0 Å². The maximum Gasteiger partial charge on any atom is 0.190 e. The van der Waals surface area contributed by atoms with Gasteiger partial charge in [-0.05, 0) is 24.0 Å². The second-order valence-electron chi connectivity index (χ2n) is 3.54. The third-order valence-corrected chi connectivity index (χ3v) is 3.51. The van der Waals surface area contributed by atoms with Crippen molar-refractivity contribution < 1.29 is 0 Å². The summed E-state index contributed by atoms with van der Waals surface area (Å²) in [6.07, 6.45) is 1.92. The van der Waals surface area contributed by atoms with E-state index in [0.29, 0.717) is 16.9 Å². The summed E-state index contributed by atoms with van der Waals surface area (Å²) in [4.78, 5) is 8.42. The number of halogens is 2. The Morgan fingerprint density at radius 2 is 2.00 bits per heavy atom. The number of anilines is 1. The Bertz CT molecular complexity index is 533. The van der Waals surface area contributed by atoms with Crippen molar-refractivity contribution >= 4 is 45.1 Å². The molecular weight excluding hydrogens is 334 g/mol. The molecule has 2 rings (SSSR count). The first-order valence-corrected chi connectivity index (χ1v) is 7.64. The highest BCUT2D eigenvalue weighted by atomic mass is 79.9. The molecule has 1 aromatic heterocycles. The van der Waals surface area contributed by atoms with Gasteiger partial charge in [-0.1, -0.05) is 51.4 Å². The van der Waals surface area contributed by atoms with Crippen LogP contribution in [0.3, 0.4) is 0 Å². The Labute approximate surface area is 124 Å². The number of nitrogens with zero attached hydrogens (tertiary/aromatic N) is 2. The van der Waals surface area contributed by atoms with Crippen molar-refractivity contribution in [3.8, 4) is 0 Å². The lowest BCUT2D eigenvalue weighted by molar-refractivity contribution is 0.956. The molecule has 0 aliphatic carbocycles. The summed E-state index contributed by atoms with van der Waals surface area (Å²) >= 11 is 10.8. The normalized spacial score (nSPS) is 10.4. The van der Waals surface area contributed by atoms with Crippen LogP contribution in [0.25, 0.3) is 0 Å². The number of hydrogen-bond donors (Lipinski definition) is 1. The number of hydrogen-bond acceptors (Lipinski definition) is 4. The summed E-state index contributed by atoms with van der Waals surface area (Å²) in [7, 11) is 0. The quantitative estimate of drug-likeness (QED) is 0.512. The number of rotatable bonds is 4. The van der Waals surface area contributed by atoms with Crippen LogP contribution in [0.5, 0.6) is 0 Å². The Morgan fingerprint density at radius 3 is 2.67 bits per heavy atom. The minimum absolute atomic E-state index is 0.452. The molecular formula is C12H11BrClN3S. The monoisotopic (exact) mass is 343 g/mol. The summed E-state index contributed by atoms with van der Waals surface area (Å²) in [5, 5.41) is 4.35. The predicted molar refractivity (Wildman–Crippen MR) is 80.3 cm³/mol. The van der Waals surface area contributed by atoms with E-state index in [2.05, 4.69) is 43.3 Å². The third kappa shape index (κ3) is 3.86.